The van der Waals surface area contributed by atoms with Crippen molar-refractivity contribution in [1.29, 1.82) is 0 Å². The van der Waals surface area contributed by atoms with Gasteiger partial charge >= 0.3 is 0 Å². The number of carbonyl (C=O) groups is 3. The molecule has 1 aliphatic heterocycles. The highest BCUT2D eigenvalue weighted by Gasteiger charge is 2.42. The predicted molar refractivity (Wildman–Crippen MR) is 162 cm³/mol. The molecule has 0 bridgehead atoms. The first kappa shape index (κ1) is 30.9. The number of likely N-dealkylation sites (N-methyl/N-ethyl adjacent to an activating group) is 1. The molecule has 1 saturated heterocycles. The molecule has 4 rings (SSSR count). The summed E-state index contributed by atoms with van der Waals surface area (Å²) in [5, 5.41) is 12.8. The zero-order chi connectivity index (χ0) is 30.6. The van der Waals surface area contributed by atoms with E-state index in [0.717, 1.165) is 0 Å². The van der Waals surface area contributed by atoms with Gasteiger partial charge in [-0.2, -0.15) is 0 Å². The summed E-state index contributed by atoms with van der Waals surface area (Å²) in [6.07, 6.45) is 4.14. The molecule has 2 aromatic heterocycles. The Hall–Kier alpha value is -4.03. The molecule has 0 radical (unpaired) electrons. The highest BCUT2D eigenvalue weighted by atomic mass is 35.5. The summed E-state index contributed by atoms with van der Waals surface area (Å²) < 4.78 is 5.57. The number of rotatable bonds is 9. The zero-order valence-corrected chi connectivity index (χ0v) is 25.4. The number of fused-ring (bicyclic) bond motifs is 1. The van der Waals surface area contributed by atoms with Crippen molar-refractivity contribution < 1.29 is 19.1 Å². The second-order valence-electron chi connectivity index (χ2n) is 11.3. The van der Waals surface area contributed by atoms with E-state index in [1.165, 1.54) is 13.4 Å². The molecule has 1 fully saturated rings. The number of carbonyl (C=O) groups excluding carboxylic acids is 3. The minimum atomic E-state index is -0.811. The Morgan fingerprint density at radius 1 is 1.14 bits per heavy atom. The number of nitrogens with zero attached hydrogens (tertiary/aromatic N) is 4. The fraction of sp³-hybridized carbons (Fsp3) is 0.448. The minimum absolute atomic E-state index is 0.280. The Balaban J connectivity index is 1.60. The topological polar surface area (TPSA) is 150 Å². The molecule has 0 aliphatic carbocycles. The van der Waals surface area contributed by atoms with Crippen molar-refractivity contribution in [1.82, 2.24) is 30.5 Å². The van der Waals surface area contributed by atoms with E-state index in [2.05, 4.69) is 36.2 Å². The van der Waals surface area contributed by atoms with Crippen LogP contribution in [-0.4, -0.2) is 76.4 Å². The molecule has 1 aromatic carbocycles. The van der Waals surface area contributed by atoms with Gasteiger partial charge in [-0.3, -0.25) is 14.4 Å². The van der Waals surface area contributed by atoms with Crippen LogP contribution < -0.4 is 26.0 Å². The molecule has 3 aromatic rings. The number of aromatic nitrogens is 3. The maximum Gasteiger partial charge on any atom is 0.247 e. The molecule has 224 valence electrons. The van der Waals surface area contributed by atoms with Gasteiger partial charge in [-0.25, -0.2) is 15.0 Å². The Morgan fingerprint density at radius 2 is 1.90 bits per heavy atom. The van der Waals surface area contributed by atoms with Gasteiger partial charge in [-0.1, -0.05) is 32.4 Å². The van der Waals surface area contributed by atoms with Crippen LogP contribution in [0.4, 0.5) is 17.2 Å². The number of ether oxygens (including phenoxy) is 1. The number of amides is 3. The first-order valence-corrected chi connectivity index (χ1v) is 14.1. The van der Waals surface area contributed by atoms with E-state index < -0.39 is 23.5 Å². The van der Waals surface area contributed by atoms with E-state index in [4.69, 9.17) is 16.3 Å². The number of nitrogens with one attached hydrogen (secondary N) is 4. The highest BCUT2D eigenvalue weighted by molar-refractivity contribution is 6.32. The summed E-state index contributed by atoms with van der Waals surface area (Å²) in [4.78, 5) is 54.5. The molecular weight excluding hydrogens is 560 g/mol. The van der Waals surface area contributed by atoms with E-state index in [1.807, 2.05) is 20.8 Å². The molecule has 12 nitrogen and oxygen atoms in total. The Bertz CT molecular complexity index is 1480. The fourth-order valence-corrected chi connectivity index (χ4v) is 4.96. The molecule has 0 spiro atoms. The van der Waals surface area contributed by atoms with E-state index in [9.17, 15) is 14.4 Å². The monoisotopic (exact) mass is 596 g/mol. The summed E-state index contributed by atoms with van der Waals surface area (Å²) >= 11 is 6.23. The molecule has 4 N–H and O–H groups in total. The van der Waals surface area contributed by atoms with Gasteiger partial charge in [0.25, 0.3) is 0 Å². The lowest BCUT2D eigenvalue weighted by atomic mass is 9.85. The molecule has 3 atom stereocenters. The van der Waals surface area contributed by atoms with Gasteiger partial charge in [0.2, 0.25) is 17.7 Å². The van der Waals surface area contributed by atoms with Gasteiger partial charge in [-0.15, -0.1) is 0 Å². The van der Waals surface area contributed by atoms with Gasteiger partial charge in [0.05, 0.1) is 30.0 Å². The molecule has 0 saturated carbocycles. The van der Waals surface area contributed by atoms with E-state index in [0.29, 0.717) is 53.2 Å². The maximum absolute atomic E-state index is 13.8. The summed E-state index contributed by atoms with van der Waals surface area (Å²) in [6, 6.07) is 4.94. The van der Waals surface area contributed by atoms with Crippen LogP contribution in [0.2, 0.25) is 5.15 Å². The van der Waals surface area contributed by atoms with Crippen LogP contribution >= 0.6 is 11.6 Å². The fourth-order valence-electron chi connectivity index (χ4n) is 4.79. The van der Waals surface area contributed by atoms with Crippen molar-refractivity contribution in [2.45, 2.75) is 58.7 Å². The minimum Gasteiger partial charge on any atom is -0.494 e. The molecule has 3 amide bonds. The van der Waals surface area contributed by atoms with Crippen LogP contribution in [0.15, 0.2) is 36.8 Å². The van der Waals surface area contributed by atoms with Gasteiger partial charge < -0.3 is 30.9 Å². The van der Waals surface area contributed by atoms with Crippen molar-refractivity contribution in [3.05, 3.63) is 41.9 Å². The van der Waals surface area contributed by atoms with Crippen molar-refractivity contribution in [3.8, 4) is 5.75 Å². The van der Waals surface area contributed by atoms with Gasteiger partial charge in [0.15, 0.2) is 5.15 Å². The van der Waals surface area contributed by atoms with E-state index in [1.54, 1.807) is 49.3 Å². The van der Waals surface area contributed by atoms with Gasteiger partial charge in [-0.05, 0) is 50.4 Å². The zero-order valence-electron chi connectivity index (χ0n) is 24.6. The largest absolute Gasteiger partial charge is 0.494 e. The maximum atomic E-state index is 13.8. The smallest absolute Gasteiger partial charge is 0.247 e. The first-order valence-electron chi connectivity index (χ1n) is 13.7. The number of likely N-dealkylation sites (tertiary alicyclic amines) is 1. The van der Waals surface area contributed by atoms with Crippen molar-refractivity contribution in [3.63, 3.8) is 0 Å². The van der Waals surface area contributed by atoms with Gasteiger partial charge in [0.1, 0.15) is 30.0 Å². The number of pyridine rings is 1. The average Bonchev–Trinajstić information content (AvgIpc) is 3.46. The highest BCUT2D eigenvalue weighted by Crippen LogP contribution is 2.35. The van der Waals surface area contributed by atoms with Crippen LogP contribution in [0.25, 0.3) is 10.9 Å². The standard InChI is InChI=1S/C29H37ClN8O4/c1-16(31-5)26(39)37-23(29(2,3)4)28(41)38-12-8-10-21(38)27(40)36-20-13-17-19(14-22(20)42-6)33-15-34-25(17)35-18-9-7-11-32-24(18)30/h7,9,11,13-16,21,23,31H,8,10,12H2,1-6H3,(H,36,40)(H,37,39)(H,33,34,35)/t16-,21?,23+/m0/s1. The van der Waals surface area contributed by atoms with Crippen molar-refractivity contribution in [2.24, 2.45) is 5.41 Å². The van der Waals surface area contributed by atoms with Crippen LogP contribution in [0.3, 0.4) is 0 Å². The number of benzene rings is 1. The summed E-state index contributed by atoms with van der Waals surface area (Å²) in [7, 11) is 3.18. The summed E-state index contributed by atoms with van der Waals surface area (Å²) in [5.74, 6) is -0.0775. The molecular formula is C29H37ClN8O4. The Morgan fingerprint density at radius 3 is 2.57 bits per heavy atom. The molecule has 3 heterocycles. The number of halogens is 1. The van der Waals surface area contributed by atoms with Crippen LogP contribution in [0.5, 0.6) is 5.75 Å². The molecule has 42 heavy (non-hydrogen) atoms. The lowest BCUT2D eigenvalue weighted by Crippen LogP contribution is -2.59. The third-order valence-electron chi connectivity index (χ3n) is 7.29. The van der Waals surface area contributed by atoms with Crippen molar-refractivity contribution >= 4 is 57.4 Å². The average molecular weight is 597 g/mol. The number of hydrogen-bond donors (Lipinski definition) is 4. The summed E-state index contributed by atoms with van der Waals surface area (Å²) in [6.45, 7) is 7.79. The molecule has 1 unspecified atom stereocenters. The third kappa shape index (κ3) is 6.71. The van der Waals surface area contributed by atoms with Gasteiger partial charge in [0, 0.05) is 24.2 Å². The SMILES string of the molecule is CN[C@@H](C)C(=O)N[C@H](C(=O)N1CCCC1C(=O)Nc1cc2c(Nc3cccnc3Cl)ncnc2cc1OC)C(C)(C)C. The van der Waals surface area contributed by atoms with Crippen LogP contribution in [-0.2, 0) is 14.4 Å². The van der Waals surface area contributed by atoms with E-state index in [-0.39, 0.29) is 22.9 Å². The van der Waals surface area contributed by atoms with Crippen molar-refractivity contribution in [2.75, 3.05) is 31.3 Å². The second-order valence-corrected chi connectivity index (χ2v) is 11.6. The van der Waals surface area contributed by atoms with E-state index >= 15 is 0 Å². The molecule has 13 heteroatoms. The number of hydrogen-bond acceptors (Lipinski definition) is 9. The lowest BCUT2D eigenvalue weighted by Gasteiger charge is -2.36. The van der Waals surface area contributed by atoms with Crippen LogP contribution in [0.1, 0.15) is 40.5 Å². The number of anilines is 3. The summed E-state index contributed by atoms with van der Waals surface area (Å²) in [5.41, 5.74) is 0.962. The molecule has 1 aliphatic rings. The Kier molecular flexibility index (Phi) is 9.47. The quantitative estimate of drug-likeness (QED) is 0.272. The Labute approximate surface area is 250 Å². The third-order valence-corrected chi connectivity index (χ3v) is 7.59. The predicted octanol–water partition coefficient (Wildman–Crippen LogP) is 3.50. The second kappa shape index (κ2) is 12.9. The lowest BCUT2D eigenvalue weighted by molar-refractivity contribution is -0.143. The number of methoxy groups -OCH3 is 1. The first-order chi connectivity index (χ1) is 19.9. The van der Waals surface area contributed by atoms with Crippen LogP contribution in [0, 0.1) is 5.41 Å². The normalized spacial score (nSPS) is 16.5.